The van der Waals surface area contributed by atoms with E-state index in [4.69, 9.17) is 13.9 Å². The quantitative estimate of drug-likeness (QED) is 0.252. The summed E-state index contributed by atoms with van der Waals surface area (Å²) in [5.74, 6) is 1.10. The molecule has 0 radical (unpaired) electrons. The molecule has 1 aliphatic rings. The summed E-state index contributed by atoms with van der Waals surface area (Å²) in [6.45, 7) is 14.4. The number of rotatable bonds is 7. The van der Waals surface area contributed by atoms with E-state index in [1.54, 1.807) is 12.1 Å². The van der Waals surface area contributed by atoms with Crippen LogP contribution in [0.15, 0.2) is 59.0 Å². The maximum absolute atomic E-state index is 13.0. The largest absolute Gasteiger partial charge is 0.426 e. The average Bonchev–Trinajstić information content (AvgIpc) is 3.51. The Labute approximate surface area is 229 Å². The highest BCUT2D eigenvalue weighted by molar-refractivity contribution is 6.03. The molecule has 2 aromatic heterocycles. The molecule has 0 unspecified atom stereocenters. The van der Waals surface area contributed by atoms with Crippen molar-refractivity contribution in [3.05, 3.63) is 88.4 Å². The molecular weight excluding hydrogens is 492 g/mol. The van der Waals surface area contributed by atoms with Crippen LogP contribution in [0.25, 0.3) is 0 Å². The molecule has 0 saturated heterocycles. The summed E-state index contributed by atoms with van der Waals surface area (Å²) in [6.07, 6.45) is 0.618. The van der Waals surface area contributed by atoms with Crippen molar-refractivity contribution >= 4 is 23.2 Å². The third-order valence-corrected chi connectivity index (χ3v) is 6.42. The number of carbonyl (C=O) groups is 1. The lowest BCUT2D eigenvalue weighted by atomic mass is 9.94. The first-order valence-electron chi connectivity index (χ1n) is 13.3. The van der Waals surface area contributed by atoms with E-state index in [0.717, 1.165) is 28.1 Å². The Morgan fingerprint density at radius 3 is 2.51 bits per heavy atom. The summed E-state index contributed by atoms with van der Waals surface area (Å²) in [6, 6.07) is 17.0. The summed E-state index contributed by atoms with van der Waals surface area (Å²) >= 11 is 0. The topological polar surface area (TPSA) is 98.5 Å². The Morgan fingerprint density at radius 2 is 1.79 bits per heavy atom. The molecule has 8 nitrogen and oxygen atoms in total. The van der Waals surface area contributed by atoms with Crippen LogP contribution in [0.4, 0.5) is 17.3 Å². The van der Waals surface area contributed by atoms with Crippen LogP contribution >= 0.6 is 0 Å². The van der Waals surface area contributed by atoms with Crippen LogP contribution in [0, 0.1) is 13.8 Å². The highest BCUT2D eigenvalue weighted by Gasteiger charge is 2.32. The number of hydrogen-bond acceptors (Lipinski definition) is 7. The van der Waals surface area contributed by atoms with Crippen molar-refractivity contribution in [3.8, 4) is 11.7 Å². The highest BCUT2D eigenvalue weighted by atomic mass is 16.6. The second-order valence-corrected chi connectivity index (χ2v) is 9.55. The van der Waals surface area contributed by atoms with Gasteiger partial charge in [-0.1, -0.05) is 39.0 Å². The van der Waals surface area contributed by atoms with Crippen LogP contribution in [0.2, 0.25) is 0 Å². The van der Waals surface area contributed by atoms with Gasteiger partial charge in [-0.2, -0.15) is 0 Å². The molecule has 2 aromatic carbocycles. The van der Waals surface area contributed by atoms with Gasteiger partial charge < -0.3 is 24.5 Å². The maximum atomic E-state index is 13.0. The van der Waals surface area contributed by atoms with E-state index in [2.05, 4.69) is 26.7 Å². The first-order chi connectivity index (χ1) is 18.7. The number of anilines is 3. The van der Waals surface area contributed by atoms with Gasteiger partial charge in [0.25, 0.3) is 11.9 Å². The molecule has 0 bridgehead atoms. The maximum Gasteiger partial charge on any atom is 0.291 e. The van der Waals surface area contributed by atoms with Gasteiger partial charge in [-0.15, -0.1) is 0 Å². The molecule has 0 aliphatic carbocycles. The van der Waals surface area contributed by atoms with Crippen LogP contribution in [-0.2, 0) is 23.4 Å². The zero-order valence-corrected chi connectivity index (χ0v) is 23.6. The van der Waals surface area contributed by atoms with Gasteiger partial charge in [0, 0.05) is 11.8 Å². The molecule has 4 aromatic rings. The highest BCUT2D eigenvalue weighted by Crippen LogP contribution is 2.40. The minimum absolute atomic E-state index is 0.130. The number of aromatic nitrogens is 2. The molecular formula is C31H36N4O4. The molecule has 8 heteroatoms. The number of amides is 1. The molecule has 2 N–H and O–H groups in total. The molecule has 39 heavy (non-hydrogen) atoms. The molecule has 0 fully saturated rings. The van der Waals surface area contributed by atoms with Crippen molar-refractivity contribution in [2.45, 2.75) is 67.1 Å². The summed E-state index contributed by atoms with van der Waals surface area (Å²) in [5.41, 5.74) is 5.67. The number of benzene rings is 2. The number of ether oxygens (including phenoxy) is 2. The van der Waals surface area contributed by atoms with Gasteiger partial charge >= 0.3 is 0 Å². The zero-order chi connectivity index (χ0) is 28.2. The minimum Gasteiger partial charge on any atom is -0.426 e. The fourth-order valence-corrected chi connectivity index (χ4v) is 4.41. The van der Waals surface area contributed by atoms with Gasteiger partial charge in [0.15, 0.2) is 5.76 Å². The molecule has 5 rings (SSSR count). The lowest BCUT2D eigenvalue weighted by Gasteiger charge is -2.19. The van der Waals surface area contributed by atoms with Crippen molar-refractivity contribution in [3.63, 3.8) is 0 Å². The van der Waals surface area contributed by atoms with Crippen molar-refractivity contribution in [2.24, 2.45) is 0 Å². The second-order valence-electron chi connectivity index (χ2n) is 9.55. The summed E-state index contributed by atoms with van der Waals surface area (Å²) < 4.78 is 17.6. The fourth-order valence-electron chi connectivity index (χ4n) is 4.41. The SMILES string of the molecule is CC.CCc1nc(Nc2ccccc2)nc(C)c1NC(=O)c1ccc(Oc2cc3c(cc2C)COC3(C)C)o1. The fraction of sp³-hybridized carbons (Fsp3) is 0.323. The Hall–Kier alpha value is -4.17. The number of hydrogen-bond donors (Lipinski definition) is 2. The van der Waals surface area contributed by atoms with Crippen LogP contribution in [0.5, 0.6) is 11.7 Å². The van der Waals surface area contributed by atoms with E-state index in [1.165, 1.54) is 0 Å². The molecule has 0 atom stereocenters. The Morgan fingerprint density at radius 1 is 1.05 bits per heavy atom. The average molecular weight is 529 g/mol. The molecule has 0 spiro atoms. The van der Waals surface area contributed by atoms with E-state index < -0.39 is 5.91 Å². The Kier molecular flexibility index (Phi) is 8.35. The smallest absolute Gasteiger partial charge is 0.291 e. The number of para-hydroxylation sites is 1. The van der Waals surface area contributed by atoms with Crippen molar-refractivity contribution in [1.82, 2.24) is 9.97 Å². The van der Waals surface area contributed by atoms with Crippen LogP contribution in [0.1, 0.15) is 73.3 Å². The van der Waals surface area contributed by atoms with Gasteiger partial charge in [0.05, 0.1) is 29.3 Å². The summed E-state index contributed by atoms with van der Waals surface area (Å²) in [7, 11) is 0. The van der Waals surface area contributed by atoms with Crippen LogP contribution in [0.3, 0.4) is 0 Å². The van der Waals surface area contributed by atoms with Crippen molar-refractivity contribution in [2.75, 3.05) is 10.6 Å². The van der Waals surface area contributed by atoms with Crippen molar-refractivity contribution < 1.29 is 18.7 Å². The number of fused-ring (bicyclic) bond motifs is 1. The second kappa shape index (κ2) is 11.7. The lowest BCUT2D eigenvalue weighted by Crippen LogP contribution is -2.16. The van der Waals surface area contributed by atoms with Gasteiger partial charge in [0.2, 0.25) is 5.95 Å². The standard InChI is InChI=1S/C29H30N4O4.C2H6/c1-6-22-26(18(3)30-28(32-22)31-20-10-8-7-9-11-20)33-27(34)23-12-13-25(36-23)37-24-15-21-19(14-17(24)2)16-35-29(21,4)5;1-2/h7-15H,6,16H2,1-5H3,(H,33,34)(H,30,31,32);1-2H3. The molecule has 1 amide bonds. The van der Waals surface area contributed by atoms with E-state index in [0.29, 0.717) is 36.1 Å². The predicted octanol–water partition coefficient (Wildman–Crippen LogP) is 7.83. The van der Waals surface area contributed by atoms with Gasteiger partial charge in [0.1, 0.15) is 5.75 Å². The van der Waals surface area contributed by atoms with Gasteiger partial charge in [-0.05, 0) is 81.1 Å². The van der Waals surface area contributed by atoms with Gasteiger partial charge in [-0.25, -0.2) is 9.97 Å². The normalized spacial score (nSPS) is 13.2. The van der Waals surface area contributed by atoms with Crippen molar-refractivity contribution in [1.29, 1.82) is 0 Å². The number of aryl methyl sites for hydroxylation is 3. The van der Waals surface area contributed by atoms with Gasteiger partial charge in [-0.3, -0.25) is 4.79 Å². The first-order valence-corrected chi connectivity index (χ1v) is 13.3. The molecule has 204 valence electrons. The van der Waals surface area contributed by atoms with E-state index >= 15 is 0 Å². The third-order valence-electron chi connectivity index (χ3n) is 6.42. The van der Waals surface area contributed by atoms with E-state index in [-0.39, 0.29) is 17.3 Å². The summed E-state index contributed by atoms with van der Waals surface area (Å²) in [4.78, 5) is 22.2. The Balaban J connectivity index is 0.00000172. The summed E-state index contributed by atoms with van der Waals surface area (Å²) in [5, 5.41) is 6.12. The van der Waals surface area contributed by atoms with E-state index in [9.17, 15) is 4.79 Å². The third kappa shape index (κ3) is 6.12. The molecule has 3 heterocycles. The number of furan rings is 1. The number of nitrogens with zero attached hydrogens (tertiary/aromatic N) is 2. The van der Waals surface area contributed by atoms with Crippen LogP contribution in [-0.4, -0.2) is 15.9 Å². The predicted molar refractivity (Wildman–Crippen MR) is 153 cm³/mol. The molecule has 1 aliphatic heterocycles. The zero-order valence-electron chi connectivity index (χ0n) is 23.6. The first kappa shape index (κ1) is 27.9. The van der Waals surface area contributed by atoms with Crippen LogP contribution < -0.4 is 15.4 Å². The monoisotopic (exact) mass is 528 g/mol. The lowest BCUT2D eigenvalue weighted by molar-refractivity contribution is -0.00795. The Bertz CT molecular complexity index is 1460. The number of carbonyl (C=O) groups excluding carboxylic acids is 1. The minimum atomic E-state index is -0.403. The van der Waals surface area contributed by atoms with E-state index in [1.807, 2.05) is 84.9 Å². The molecule has 0 saturated carbocycles. The number of nitrogens with one attached hydrogen (secondary N) is 2.